The van der Waals surface area contributed by atoms with Crippen molar-refractivity contribution in [2.45, 2.75) is 32.1 Å². The Hall–Kier alpha value is -3.19. The van der Waals surface area contributed by atoms with Crippen molar-refractivity contribution >= 4 is 28.7 Å². The van der Waals surface area contributed by atoms with Gasteiger partial charge in [-0.2, -0.15) is 0 Å². The van der Waals surface area contributed by atoms with Crippen LogP contribution in [0.15, 0.2) is 40.2 Å². The van der Waals surface area contributed by atoms with E-state index in [1.165, 1.54) is 31.8 Å². The lowest BCUT2D eigenvalue weighted by atomic mass is 10.1. The van der Waals surface area contributed by atoms with Gasteiger partial charge in [0.05, 0.1) is 25.6 Å². The van der Waals surface area contributed by atoms with Crippen molar-refractivity contribution in [1.82, 2.24) is 23.6 Å². The molecule has 36 heavy (non-hydrogen) atoms. The smallest absolute Gasteiger partial charge is 0.347 e. The zero-order chi connectivity index (χ0) is 27.2. The Labute approximate surface area is 212 Å². The number of halogens is 1. The normalized spacial score (nSPS) is 12.4. The summed E-state index contributed by atoms with van der Waals surface area (Å²) in [4.78, 5) is 40.7. The van der Waals surface area contributed by atoms with Gasteiger partial charge in [0, 0.05) is 32.2 Å². The van der Waals surface area contributed by atoms with Crippen LogP contribution in [0, 0.1) is 0 Å². The number of aliphatic hydroxyl groups excluding tert-OH is 2. The molecule has 0 unspecified atom stereocenters. The first-order valence-electron chi connectivity index (χ1n) is 11.0. The van der Waals surface area contributed by atoms with E-state index in [2.05, 4.69) is 4.98 Å². The molecule has 0 fully saturated rings. The predicted octanol–water partition coefficient (Wildman–Crippen LogP) is 0.301. The van der Waals surface area contributed by atoms with Crippen molar-refractivity contribution < 1.29 is 24.9 Å². The van der Waals surface area contributed by atoms with Gasteiger partial charge in [0.15, 0.2) is 16.8 Å². The van der Waals surface area contributed by atoms with Gasteiger partial charge in [-0.05, 0) is 45.2 Å². The number of aromatic nitrogens is 4. The number of benzene rings is 1. The molecule has 12 nitrogen and oxygen atoms in total. The van der Waals surface area contributed by atoms with Crippen molar-refractivity contribution in [3.63, 3.8) is 0 Å². The Morgan fingerprint density at radius 3 is 2.36 bits per heavy atom. The molecule has 0 saturated heterocycles. The summed E-state index contributed by atoms with van der Waals surface area (Å²) < 4.78 is 9.13. The highest BCUT2D eigenvalue weighted by Crippen LogP contribution is 2.20. The topological polar surface area (TPSA) is 152 Å². The minimum Gasteiger partial charge on any atom is -0.478 e. The highest BCUT2D eigenvalue weighted by atomic mass is 35.5. The third-order valence-electron chi connectivity index (χ3n) is 5.33. The maximum atomic E-state index is 12.3. The van der Waals surface area contributed by atoms with Crippen LogP contribution in [0.3, 0.4) is 0 Å². The largest absolute Gasteiger partial charge is 0.478 e. The first kappa shape index (κ1) is 29.0. The number of hydrogen-bond acceptors (Lipinski definition) is 8. The zero-order valence-corrected chi connectivity index (χ0v) is 21.6. The molecule has 0 saturated carbocycles. The number of ether oxygens (including phenoxy) is 1. The number of imidazole rings is 1. The lowest BCUT2D eigenvalue weighted by molar-refractivity contribution is -0.152. The Bertz CT molecular complexity index is 1300. The fraction of sp³-hybridized carbons (Fsp3) is 0.478. The Balaban J connectivity index is 0.000000281. The van der Waals surface area contributed by atoms with E-state index in [9.17, 15) is 19.5 Å². The standard InChI is InChI=1S/C13H21N5O4.C10H11ClO3/c1-15(4-5-19)6-9(20)7-18-8-14-11-10(18)12(21)17(3)13(22)16(11)2;1-10(2,9(12)13)14-8-5-3-7(11)4-6-8/h8-9,19-20H,4-7H2,1-3H3;3-6H,1-2H3,(H,12,13)/t9-;/m0./s1. The summed E-state index contributed by atoms with van der Waals surface area (Å²) >= 11 is 5.67. The van der Waals surface area contributed by atoms with Gasteiger partial charge in [0.1, 0.15) is 5.75 Å². The Morgan fingerprint density at radius 2 is 1.81 bits per heavy atom. The average molecular weight is 526 g/mol. The monoisotopic (exact) mass is 525 g/mol. The lowest BCUT2D eigenvalue weighted by Crippen LogP contribution is -2.38. The molecule has 0 aliphatic heterocycles. The van der Waals surface area contributed by atoms with Crippen LogP contribution in [0.2, 0.25) is 5.02 Å². The van der Waals surface area contributed by atoms with Gasteiger partial charge in [-0.3, -0.25) is 13.9 Å². The molecule has 3 rings (SSSR count). The van der Waals surface area contributed by atoms with E-state index >= 15 is 0 Å². The molecule has 0 spiro atoms. The minimum atomic E-state index is -1.23. The number of carbonyl (C=O) groups is 1. The van der Waals surface area contributed by atoms with Crippen LogP contribution in [-0.2, 0) is 25.4 Å². The number of rotatable bonds is 9. The summed E-state index contributed by atoms with van der Waals surface area (Å²) in [5.74, 6) is -0.519. The number of fused-ring (bicyclic) bond motifs is 1. The number of nitrogens with zero attached hydrogens (tertiary/aromatic N) is 5. The second kappa shape index (κ2) is 12.2. The summed E-state index contributed by atoms with van der Waals surface area (Å²) in [5.41, 5.74) is -1.52. The second-order valence-electron chi connectivity index (χ2n) is 8.79. The fourth-order valence-corrected chi connectivity index (χ4v) is 3.41. The number of carboxylic acids is 1. The van der Waals surface area contributed by atoms with E-state index < -0.39 is 28.9 Å². The third-order valence-corrected chi connectivity index (χ3v) is 5.58. The lowest BCUT2D eigenvalue weighted by Gasteiger charge is -2.21. The summed E-state index contributed by atoms with van der Waals surface area (Å²) in [6.45, 7) is 3.98. The van der Waals surface area contributed by atoms with Gasteiger partial charge < -0.3 is 29.5 Å². The molecule has 1 aromatic carbocycles. The average Bonchev–Trinajstić information content (AvgIpc) is 3.21. The van der Waals surface area contributed by atoms with Crippen LogP contribution < -0.4 is 16.0 Å². The van der Waals surface area contributed by atoms with E-state index in [0.29, 0.717) is 29.5 Å². The highest BCUT2D eigenvalue weighted by Gasteiger charge is 2.29. The molecule has 0 radical (unpaired) electrons. The SMILES string of the molecule is CC(C)(Oc1ccc(Cl)cc1)C(=O)O.CN(CCO)C[C@H](O)Cn1cnc2c1c(=O)n(C)c(=O)n2C. The van der Waals surface area contributed by atoms with Crippen molar-refractivity contribution in [3.8, 4) is 5.75 Å². The van der Waals surface area contributed by atoms with Crippen molar-refractivity contribution in [3.05, 3.63) is 56.5 Å². The van der Waals surface area contributed by atoms with E-state index in [4.69, 9.17) is 26.6 Å². The highest BCUT2D eigenvalue weighted by molar-refractivity contribution is 6.30. The van der Waals surface area contributed by atoms with E-state index in [1.54, 1.807) is 47.8 Å². The molecule has 13 heteroatoms. The third kappa shape index (κ3) is 7.17. The van der Waals surface area contributed by atoms with E-state index in [-0.39, 0.29) is 18.7 Å². The van der Waals surface area contributed by atoms with E-state index in [1.807, 2.05) is 0 Å². The van der Waals surface area contributed by atoms with Gasteiger partial charge in [0.25, 0.3) is 5.56 Å². The molecular formula is C23H32ClN5O7. The maximum Gasteiger partial charge on any atom is 0.347 e. The van der Waals surface area contributed by atoms with E-state index in [0.717, 1.165) is 4.57 Å². The van der Waals surface area contributed by atoms with Gasteiger partial charge in [-0.1, -0.05) is 11.6 Å². The second-order valence-corrected chi connectivity index (χ2v) is 9.22. The predicted molar refractivity (Wildman–Crippen MR) is 135 cm³/mol. The quantitative estimate of drug-likeness (QED) is 0.358. The maximum absolute atomic E-state index is 12.3. The molecule has 2 heterocycles. The van der Waals surface area contributed by atoms with Gasteiger partial charge in [0.2, 0.25) is 0 Å². The fourth-order valence-electron chi connectivity index (χ4n) is 3.28. The van der Waals surface area contributed by atoms with Crippen LogP contribution in [0.1, 0.15) is 13.8 Å². The number of carboxylic acid groups (broad SMARTS) is 1. The Kier molecular flexibility index (Phi) is 9.82. The summed E-state index contributed by atoms with van der Waals surface area (Å²) in [7, 11) is 4.74. The number of hydrogen-bond donors (Lipinski definition) is 3. The molecular weight excluding hydrogens is 494 g/mol. The van der Waals surface area contributed by atoms with Crippen LogP contribution in [-0.4, -0.2) is 83.3 Å². The number of aryl methyl sites for hydroxylation is 1. The molecule has 3 aromatic rings. The van der Waals surface area contributed by atoms with Crippen molar-refractivity contribution in [1.29, 1.82) is 0 Å². The van der Waals surface area contributed by atoms with Crippen molar-refractivity contribution in [2.24, 2.45) is 14.1 Å². The number of aliphatic hydroxyl groups is 2. The first-order valence-corrected chi connectivity index (χ1v) is 11.4. The summed E-state index contributed by atoms with van der Waals surface area (Å²) in [5, 5.41) is 28.4. The van der Waals surface area contributed by atoms with Crippen molar-refractivity contribution in [2.75, 3.05) is 26.7 Å². The molecule has 3 N–H and O–H groups in total. The van der Waals surface area contributed by atoms with Gasteiger partial charge in [-0.15, -0.1) is 0 Å². The Morgan fingerprint density at radius 1 is 1.19 bits per heavy atom. The molecule has 2 aromatic heterocycles. The van der Waals surface area contributed by atoms with Crippen LogP contribution >= 0.6 is 11.6 Å². The van der Waals surface area contributed by atoms with Crippen LogP contribution in [0.4, 0.5) is 0 Å². The molecule has 0 aliphatic carbocycles. The molecule has 1 atom stereocenters. The van der Waals surface area contributed by atoms with Crippen LogP contribution in [0.5, 0.6) is 5.75 Å². The first-order chi connectivity index (χ1) is 16.8. The molecule has 0 aliphatic rings. The number of likely N-dealkylation sites (N-methyl/N-ethyl adjacent to an activating group) is 1. The minimum absolute atomic E-state index is 0.0138. The van der Waals surface area contributed by atoms with Gasteiger partial charge in [-0.25, -0.2) is 14.6 Å². The zero-order valence-electron chi connectivity index (χ0n) is 20.9. The molecule has 198 valence electrons. The van der Waals surface area contributed by atoms with Gasteiger partial charge >= 0.3 is 11.7 Å². The number of aliphatic carboxylic acids is 1. The summed E-state index contributed by atoms with van der Waals surface area (Å²) in [6, 6.07) is 6.56. The molecule has 0 amide bonds. The summed E-state index contributed by atoms with van der Waals surface area (Å²) in [6.07, 6.45) is 0.719. The molecule has 0 bridgehead atoms. The van der Waals surface area contributed by atoms with Crippen LogP contribution in [0.25, 0.3) is 11.2 Å².